The van der Waals surface area contributed by atoms with Crippen molar-refractivity contribution < 1.29 is 42.9 Å². The molecule has 3 rings (SSSR count). The Kier molecular flexibility index (Phi) is 12.4. The zero-order chi connectivity index (χ0) is 29.9. The summed E-state index contributed by atoms with van der Waals surface area (Å²) >= 11 is 0. The van der Waals surface area contributed by atoms with E-state index in [4.69, 9.17) is 23.7 Å². The Bertz CT molecular complexity index is 1050. The van der Waals surface area contributed by atoms with Crippen LogP contribution in [0.3, 0.4) is 0 Å². The van der Waals surface area contributed by atoms with Crippen molar-refractivity contribution in [2.24, 2.45) is 23.7 Å². The molecule has 1 aromatic rings. The number of ketones is 1. The van der Waals surface area contributed by atoms with Crippen molar-refractivity contribution in [1.29, 1.82) is 0 Å². The molecule has 10 heteroatoms. The fourth-order valence-corrected chi connectivity index (χ4v) is 5.80. The summed E-state index contributed by atoms with van der Waals surface area (Å²) in [7, 11) is 1.42. The van der Waals surface area contributed by atoms with Crippen molar-refractivity contribution in [1.82, 2.24) is 4.98 Å². The van der Waals surface area contributed by atoms with E-state index >= 15 is 0 Å². The largest absolute Gasteiger partial charge is 0.493 e. The highest BCUT2D eigenvalue weighted by Gasteiger charge is 2.38. The minimum atomic E-state index is -0.702. The molecule has 0 unspecified atom stereocenters. The van der Waals surface area contributed by atoms with Crippen molar-refractivity contribution in [3.63, 3.8) is 0 Å². The first-order chi connectivity index (χ1) is 19.6. The van der Waals surface area contributed by atoms with Crippen LogP contribution in [0.15, 0.2) is 12.3 Å². The Labute approximate surface area is 242 Å². The number of cyclic esters (lactones) is 1. The summed E-state index contributed by atoms with van der Waals surface area (Å²) in [4.78, 5) is 54.9. The lowest BCUT2D eigenvalue weighted by atomic mass is 9.82. The van der Waals surface area contributed by atoms with Gasteiger partial charge in [-0.2, -0.15) is 0 Å². The van der Waals surface area contributed by atoms with Gasteiger partial charge < -0.3 is 23.7 Å². The number of esters is 3. The first kappa shape index (κ1) is 32.3. The summed E-state index contributed by atoms with van der Waals surface area (Å²) in [6.45, 7) is 6.20. The number of aromatic nitrogens is 1. The van der Waals surface area contributed by atoms with E-state index in [0.717, 1.165) is 25.7 Å². The van der Waals surface area contributed by atoms with Gasteiger partial charge in [0.15, 0.2) is 23.0 Å². The Balaban J connectivity index is 1.77. The average Bonchev–Trinajstić information content (AvgIpc) is 3.44. The number of rotatable bonds is 11. The molecule has 10 nitrogen and oxygen atoms in total. The van der Waals surface area contributed by atoms with Gasteiger partial charge in [-0.05, 0) is 38.0 Å². The van der Waals surface area contributed by atoms with Crippen LogP contribution in [0.4, 0.5) is 0 Å². The molecule has 4 atom stereocenters. The number of carbonyl (C=O) groups is 4. The molecule has 0 N–H and O–H groups in total. The van der Waals surface area contributed by atoms with Crippen LogP contribution < -0.4 is 9.47 Å². The maximum atomic E-state index is 13.4. The second kappa shape index (κ2) is 15.7. The first-order valence-corrected chi connectivity index (χ1v) is 14.8. The smallest absolute Gasteiger partial charge is 0.309 e. The molecule has 2 aliphatic rings. The van der Waals surface area contributed by atoms with Crippen LogP contribution >= 0.6 is 0 Å². The summed E-state index contributed by atoms with van der Waals surface area (Å²) in [6.07, 6.45) is 8.80. The van der Waals surface area contributed by atoms with Gasteiger partial charge in [-0.25, -0.2) is 4.98 Å². The summed E-state index contributed by atoms with van der Waals surface area (Å²) in [5, 5.41) is 0. The number of Topliss-reactive ketones (excluding diaryl/α,β-unsaturated/α-hetero) is 1. The fourth-order valence-electron chi connectivity index (χ4n) is 5.80. The van der Waals surface area contributed by atoms with Crippen LogP contribution in [0.5, 0.6) is 11.5 Å². The molecule has 1 aromatic heterocycles. The molecule has 0 aromatic carbocycles. The van der Waals surface area contributed by atoms with Crippen molar-refractivity contribution in [3.05, 3.63) is 18.0 Å². The maximum Gasteiger partial charge on any atom is 0.309 e. The van der Waals surface area contributed by atoms with Gasteiger partial charge in [-0.1, -0.05) is 52.4 Å². The molecule has 41 heavy (non-hydrogen) atoms. The Morgan fingerprint density at radius 2 is 1.76 bits per heavy atom. The van der Waals surface area contributed by atoms with E-state index in [-0.39, 0.29) is 41.4 Å². The Hall–Kier alpha value is -3.17. The summed E-state index contributed by atoms with van der Waals surface area (Å²) < 4.78 is 27.6. The maximum absolute atomic E-state index is 13.4. The number of nitrogens with zero attached hydrogens (tertiary/aromatic N) is 1. The highest BCUT2D eigenvalue weighted by atomic mass is 16.7. The number of hydrogen-bond acceptors (Lipinski definition) is 10. The normalized spacial score (nSPS) is 23.9. The van der Waals surface area contributed by atoms with Crippen LogP contribution in [0.25, 0.3) is 0 Å². The van der Waals surface area contributed by atoms with Gasteiger partial charge in [0, 0.05) is 25.6 Å². The van der Waals surface area contributed by atoms with Gasteiger partial charge in [0.1, 0.15) is 12.2 Å². The predicted octanol–water partition coefficient (Wildman–Crippen LogP) is 5.45. The van der Waals surface area contributed by atoms with Gasteiger partial charge in [-0.3, -0.25) is 19.2 Å². The van der Waals surface area contributed by atoms with Gasteiger partial charge in [0.25, 0.3) is 0 Å². The molecular formula is C31H45NO9. The molecule has 0 amide bonds. The minimum absolute atomic E-state index is 0.0187. The molecule has 2 fully saturated rings. The van der Waals surface area contributed by atoms with Crippen LogP contribution in [-0.2, 0) is 28.6 Å². The standard InChI is InChI=1S/C31H45NO9/c1-19(2)30(35)41-28-20(3)40-31(36)24(13-9-8-12-23(28)16-22-10-6-7-11-22)17-25(34)27-29(39-18-38-21(4)33)26(37-5)14-15-32-27/h14-15,19-20,22-24,28H,6-13,16-18H2,1-5H3/t20-,23+,24+,28-/m0/s1. The van der Waals surface area contributed by atoms with E-state index in [2.05, 4.69) is 4.98 Å². The predicted molar refractivity (Wildman–Crippen MR) is 149 cm³/mol. The zero-order valence-corrected chi connectivity index (χ0v) is 25.0. The lowest BCUT2D eigenvalue weighted by Crippen LogP contribution is -2.42. The molecule has 0 radical (unpaired) electrons. The molecule has 0 spiro atoms. The number of pyridine rings is 1. The minimum Gasteiger partial charge on any atom is -0.493 e. The number of methoxy groups -OCH3 is 1. The zero-order valence-electron chi connectivity index (χ0n) is 25.0. The van der Waals surface area contributed by atoms with Crippen LogP contribution in [-0.4, -0.2) is 54.8 Å². The number of carbonyl (C=O) groups excluding carboxylic acids is 4. The summed E-state index contributed by atoms with van der Waals surface area (Å²) in [5.41, 5.74) is -0.0187. The molecule has 1 aliphatic heterocycles. The van der Waals surface area contributed by atoms with Gasteiger partial charge in [0.2, 0.25) is 6.79 Å². The van der Waals surface area contributed by atoms with E-state index in [1.807, 2.05) is 0 Å². The highest BCUT2D eigenvalue weighted by molar-refractivity contribution is 5.99. The SMILES string of the molecule is COc1ccnc(C(=O)C[C@H]2CCCC[C@H](CC3CCCC3)[C@@H](OC(=O)C(C)C)[C@H](C)OC2=O)c1OCOC(C)=O. The first-order valence-electron chi connectivity index (χ1n) is 14.8. The second-order valence-electron chi connectivity index (χ2n) is 11.5. The number of ether oxygens (including phenoxy) is 5. The number of hydrogen-bond donors (Lipinski definition) is 0. The van der Waals surface area contributed by atoms with Gasteiger partial charge >= 0.3 is 17.9 Å². The van der Waals surface area contributed by atoms with E-state index in [9.17, 15) is 19.2 Å². The van der Waals surface area contributed by atoms with Crippen molar-refractivity contribution in [3.8, 4) is 11.5 Å². The molecular weight excluding hydrogens is 530 g/mol. The van der Waals surface area contributed by atoms with Crippen molar-refractivity contribution >= 4 is 23.7 Å². The lowest BCUT2D eigenvalue weighted by molar-refractivity contribution is -0.177. The Morgan fingerprint density at radius 3 is 2.41 bits per heavy atom. The van der Waals surface area contributed by atoms with Crippen molar-refractivity contribution in [2.45, 2.75) is 104 Å². The van der Waals surface area contributed by atoms with Crippen LogP contribution in [0, 0.1) is 23.7 Å². The quantitative estimate of drug-likeness (QED) is 0.145. The molecule has 2 heterocycles. The lowest BCUT2D eigenvalue weighted by Gasteiger charge is -2.35. The van der Waals surface area contributed by atoms with Crippen LogP contribution in [0.2, 0.25) is 0 Å². The topological polar surface area (TPSA) is 127 Å². The molecule has 1 aliphatic carbocycles. The van der Waals surface area contributed by atoms with E-state index in [1.165, 1.54) is 52.0 Å². The third kappa shape index (κ3) is 9.43. The molecule has 0 bridgehead atoms. The Morgan fingerprint density at radius 1 is 1.07 bits per heavy atom. The third-order valence-corrected chi connectivity index (χ3v) is 8.02. The van der Waals surface area contributed by atoms with Crippen LogP contribution in [0.1, 0.15) is 102 Å². The summed E-state index contributed by atoms with van der Waals surface area (Å²) in [5.74, 6) is -1.75. The molecule has 1 saturated heterocycles. The summed E-state index contributed by atoms with van der Waals surface area (Å²) in [6, 6.07) is 1.53. The monoisotopic (exact) mass is 575 g/mol. The molecule has 1 saturated carbocycles. The fraction of sp³-hybridized carbons (Fsp3) is 0.710. The van der Waals surface area contributed by atoms with Crippen molar-refractivity contribution in [2.75, 3.05) is 13.9 Å². The second-order valence-corrected chi connectivity index (χ2v) is 11.5. The highest BCUT2D eigenvalue weighted by Crippen LogP contribution is 2.37. The molecule has 228 valence electrons. The van der Waals surface area contributed by atoms with E-state index in [1.54, 1.807) is 20.8 Å². The van der Waals surface area contributed by atoms with Gasteiger partial charge in [-0.15, -0.1) is 0 Å². The third-order valence-electron chi connectivity index (χ3n) is 8.02. The van der Waals surface area contributed by atoms with Gasteiger partial charge in [0.05, 0.1) is 18.9 Å². The average molecular weight is 576 g/mol. The van der Waals surface area contributed by atoms with E-state index < -0.39 is 42.6 Å². The van der Waals surface area contributed by atoms with E-state index in [0.29, 0.717) is 12.3 Å².